The summed E-state index contributed by atoms with van der Waals surface area (Å²) in [6.07, 6.45) is 0.291. The Balaban J connectivity index is 1.95. The van der Waals surface area contributed by atoms with Crippen LogP contribution in [0, 0.1) is 0 Å². The van der Waals surface area contributed by atoms with Crippen molar-refractivity contribution in [2.45, 2.75) is 13.3 Å². The van der Waals surface area contributed by atoms with E-state index < -0.39 is 0 Å². The van der Waals surface area contributed by atoms with Gasteiger partial charge in [-0.2, -0.15) is 0 Å². The van der Waals surface area contributed by atoms with Crippen molar-refractivity contribution in [3.8, 4) is 5.75 Å². The predicted octanol–water partition coefficient (Wildman–Crippen LogP) is 2.86. The lowest BCUT2D eigenvalue weighted by Crippen LogP contribution is -2.22. The highest BCUT2D eigenvalue weighted by atomic mass is 16.5. The first-order valence-electron chi connectivity index (χ1n) is 7.26. The second-order valence-corrected chi connectivity index (χ2v) is 5.20. The van der Waals surface area contributed by atoms with Gasteiger partial charge in [-0.25, -0.2) is 0 Å². The van der Waals surface area contributed by atoms with E-state index in [2.05, 4.69) is 5.32 Å². The maximum absolute atomic E-state index is 12.1. The minimum Gasteiger partial charge on any atom is -0.497 e. The van der Waals surface area contributed by atoms with Gasteiger partial charge in [0.05, 0.1) is 13.5 Å². The molecular weight excluding hydrogens is 292 g/mol. The molecule has 120 valence electrons. The van der Waals surface area contributed by atoms with Crippen molar-refractivity contribution >= 4 is 23.2 Å². The highest BCUT2D eigenvalue weighted by Gasteiger charge is 2.07. The topological polar surface area (TPSA) is 58.6 Å². The molecule has 2 aromatic carbocycles. The molecule has 2 rings (SSSR count). The Bertz CT molecular complexity index is 678. The van der Waals surface area contributed by atoms with Gasteiger partial charge in [-0.3, -0.25) is 9.59 Å². The number of nitrogens with zero attached hydrogens (tertiary/aromatic N) is 1. The van der Waals surface area contributed by atoms with Crippen LogP contribution in [0.5, 0.6) is 5.75 Å². The summed E-state index contributed by atoms with van der Waals surface area (Å²) in [5.41, 5.74) is 2.39. The van der Waals surface area contributed by atoms with Crippen LogP contribution in [0.3, 0.4) is 0 Å². The number of hydrogen-bond donors (Lipinski definition) is 1. The SMILES string of the molecule is COc1ccc(CC(=O)Nc2ccc(N(C)C(C)=O)cc2)cc1. The van der Waals surface area contributed by atoms with E-state index in [1.165, 1.54) is 6.92 Å². The average Bonchev–Trinajstić information content (AvgIpc) is 2.55. The third-order valence-corrected chi connectivity index (χ3v) is 3.53. The normalized spacial score (nSPS) is 10.0. The molecular formula is C18H20N2O3. The number of hydrogen-bond acceptors (Lipinski definition) is 3. The summed E-state index contributed by atoms with van der Waals surface area (Å²) >= 11 is 0. The fourth-order valence-corrected chi connectivity index (χ4v) is 2.08. The molecule has 2 amide bonds. The van der Waals surface area contributed by atoms with Crippen molar-refractivity contribution in [1.29, 1.82) is 0 Å². The summed E-state index contributed by atoms with van der Waals surface area (Å²) in [5, 5.41) is 2.84. The molecule has 0 saturated carbocycles. The maximum atomic E-state index is 12.1. The molecule has 0 radical (unpaired) electrons. The Labute approximate surface area is 135 Å². The summed E-state index contributed by atoms with van der Waals surface area (Å²) in [4.78, 5) is 24.9. The van der Waals surface area contributed by atoms with Crippen LogP contribution in [0.2, 0.25) is 0 Å². The summed E-state index contributed by atoms with van der Waals surface area (Å²) in [6.45, 7) is 1.50. The second-order valence-electron chi connectivity index (χ2n) is 5.20. The summed E-state index contributed by atoms with van der Waals surface area (Å²) in [6, 6.07) is 14.5. The van der Waals surface area contributed by atoms with E-state index in [0.717, 1.165) is 17.0 Å². The van der Waals surface area contributed by atoms with Crippen LogP contribution < -0.4 is 15.0 Å². The molecule has 0 saturated heterocycles. The van der Waals surface area contributed by atoms with Crippen LogP contribution in [0.1, 0.15) is 12.5 Å². The van der Waals surface area contributed by atoms with Crippen molar-refractivity contribution in [3.05, 3.63) is 54.1 Å². The zero-order valence-electron chi connectivity index (χ0n) is 13.5. The number of carbonyl (C=O) groups excluding carboxylic acids is 2. The van der Waals surface area contributed by atoms with E-state index in [4.69, 9.17) is 4.74 Å². The Hall–Kier alpha value is -2.82. The summed E-state index contributed by atoms with van der Waals surface area (Å²) in [5.74, 6) is 0.628. The van der Waals surface area contributed by atoms with Gasteiger partial charge in [-0.15, -0.1) is 0 Å². The molecule has 0 aromatic heterocycles. The molecule has 1 N–H and O–H groups in total. The minimum atomic E-state index is -0.0946. The number of methoxy groups -OCH3 is 1. The van der Waals surface area contributed by atoms with Gasteiger partial charge in [0, 0.05) is 25.3 Å². The second kappa shape index (κ2) is 7.45. The first-order valence-corrected chi connectivity index (χ1v) is 7.26. The molecule has 0 atom stereocenters. The van der Waals surface area contributed by atoms with Gasteiger partial charge < -0.3 is 15.0 Å². The smallest absolute Gasteiger partial charge is 0.228 e. The number of benzene rings is 2. The van der Waals surface area contributed by atoms with Gasteiger partial charge in [0.15, 0.2) is 0 Å². The average molecular weight is 312 g/mol. The lowest BCUT2D eigenvalue weighted by molar-refractivity contribution is -0.116. The van der Waals surface area contributed by atoms with Crippen molar-refractivity contribution in [2.75, 3.05) is 24.4 Å². The van der Waals surface area contributed by atoms with Crippen molar-refractivity contribution in [3.63, 3.8) is 0 Å². The van der Waals surface area contributed by atoms with Crippen molar-refractivity contribution < 1.29 is 14.3 Å². The van der Waals surface area contributed by atoms with Crippen LogP contribution in [-0.2, 0) is 16.0 Å². The Morgan fingerprint density at radius 2 is 1.65 bits per heavy atom. The molecule has 5 nitrogen and oxygen atoms in total. The molecule has 0 aliphatic carbocycles. The lowest BCUT2D eigenvalue weighted by Gasteiger charge is -2.15. The van der Waals surface area contributed by atoms with E-state index in [1.54, 1.807) is 43.3 Å². The molecule has 0 aliphatic heterocycles. The molecule has 0 heterocycles. The summed E-state index contributed by atoms with van der Waals surface area (Å²) in [7, 11) is 3.31. The van der Waals surface area contributed by atoms with E-state index in [1.807, 2.05) is 24.3 Å². The monoisotopic (exact) mass is 312 g/mol. The minimum absolute atomic E-state index is 0.0405. The fourth-order valence-electron chi connectivity index (χ4n) is 2.08. The van der Waals surface area contributed by atoms with Gasteiger partial charge in [-0.05, 0) is 42.0 Å². The van der Waals surface area contributed by atoms with Gasteiger partial charge in [0.2, 0.25) is 11.8 Å². The third kappa shape index (κ3) is 4.57. The molecule has 0 aliphatic rings. The first-order chi connectivity index (χ1) is 11.0. The molecule has 0 spiro atoms. The Kier molecular flexibility index (Phi) is 5.36. The number of nitrogens with one attached hydrogen (secondary N) is 1. The number of amides is 2. The lowest BCUT2D eigenvalue weighted by atomic mass is 10.1. The highest BCUT2D eigenvalue weighted by Crippen LogP contribution is 2.17. The largest absolute Gasteiger partial charge is 0.497 e. The van der Waals surface area contributed by atoms with Crippen LogP contribution in [0.25, 0.3) is 0 Å². The number of rotatable bonds is 5. The Morgan fingerprint density at radius 3 is 2.17 bits per heavy atom. The van der Waals surface area contributed by atoms with Gasteiger partial charge >= 0.3 is 0 Å². The van der Waals surface area contributed by atoms with Crippen molar-refractivity contribution in [1.82, 2.24) is 0 Å². The van der Waals surface area contributed by atoms with Gasteiger partial charge in [-0.1, -0.05) is 12.1 Å². The standard InChI is InChI=1S/C18H20N2O3/c1-13(21)20(2)16-8-6-15(7-9-16)19-18(22)12-14-4-10-17(23-3)11-5-14/h4-11H,12H2,1-3H3,(H,19,22). The van der Waals surface area contributed by atoms with Crippen LogP contribution in [0.15, 0.2) is 48.5 Å². The van der Waals surface area contributed by atoms with Crippen LogP contribution >= 0.6 is 0 Å². The molecule has 2 aromatic rings. The third-order valence-electron chi connectivity index (χ3n) is 3.53. The Morgan fingerprint density at radius 1 is 1.04 bits per heavy atom. The fraction of sp³-hybridized carbons (Fsp3) is 0.222. The maximum Gasteiger partial charge on any atom is 0.228 e. The van der Waals surface area contributed by atoms with Crippen LogP contribution in [0.4, 0.5) is 11.4 Å². The van der Waals surface area contributed by atoms with E-state index in [-0.39, 0.29) is 11.8 Å². The van der Waals surface area contributed by atoms with Gasteiger partial charge in [0.1, 0.15) is 5.75 Å². The van der Waals surface area contributed by atoms with E-state index in [0.29, 0.717) is 12.1 Å². The number of anilines is 2. The molecule has 0 unspecified atom stereocenters. The first kappa shape index (κ1) is 16.5. The summed E-state index contributed by atoms with van der Waals surface area (Å²) < 4.78 is 5.09. The predicted molar refractivity (Wildman–Crippen MR) is 90.9 cm³/mol. The van der Waals surface area contributed by atoms with Gasteiger partial charge in [0.25, 0.3) is 0 Å². The molecule has 5 heteroatoms. The molecule has 23 heavy (non-hydrogen) atoms. The van der Waals surface area contributed by atoms with E-state index in [9.17, 15) is 9.59 Å². The zero-order valence-corrected chi connectivity index (χ0v) is 13.5. The molecule has 0 bridgehead atoms. The van der Waals surface area contributed by atoms with Crippen molar-refractivity contribution in [2.24, 2.45) is 0 Å². The number of ether oxygens (including phenoxy) is 1. The quantitative estimate of drug-likeness (QED) is 0.923. The molecule has 0 fully saturated rings. The highest BCUT2D eigenvalue weighted by molar-refractivity contribution is 5.93. The van der Waals surface area contributed by atoms with E-state index >= 15 is 0 Å². The number of carbonyl (C=O) groups is 2. The van der Waals surface area contributed by atoms with Crippen LogP contribution in [-0.4, -0.2) is 26.0 Å². The zero-order chi connectivity index (χ0) is 16.8.